The summed E-state index contributed by atoms with van der Waals surface area (Å²) in [4.78, 5) is 57.7. The number of rotatable bonds is 7. The van der Waals surface area contributed by atoms with Crippen LogP contribution in [0.5, 0.6) is 0 Å². The van der Waals surface area contributed by atoms with Crippen LogP contribution < -0.4 is 0 Å². The van der Waals surface area contributed by atoms with Crippen LogP contribution >= 0.6 is 34.8 Å². The normalized spacial score (nSPS) is 21.8. The summed E-state index contributed by atoms with van der Waals surface area (Å²) >= 11 is 18.4. The second-order valence-electron chi connectivity index (χ2n) is 11.3. The fraction of sp³-hybridized carbons (Fsp3) is 0.200. The topological polar surface area (TPSA) is 74.8 Å². The third-order valence-electron chi connectivity index (χ3n) is 9.05. The van der Waals surface area contributed by atoms with E-state index in [-0.39, 0.29) is 35.3 Å². The molecule has 4 aromatic carbocycles. The second kappa shape index (κ2) is 11.2. The van der Waals surface area contributed by atoms with Gasteiger partial charge in [0.05, 0.1) is 11.8 Å². The fourth-order valence-corrected chi connectivity index (χ4v) is 7.70. The van der Waals surface area contributed by atoms with Gasteiger partial charge < -0.3 is 0 Å². The maximum absolute atomic E-state index is 14.6. The van der Waals surface area contributed by atoms with Crippen molar-refractivity contribution < 1.29 is 19.2 Å². The Morgan fingerprint density at radius 3 is 1.48 bits per heavy atom. The van der Waals surface area contributed by atoms with Crippen molar-refractivity contribution in [1.29, 1.82) is 0 Å². The summed E-state index contributed by atoms with van der Waals surface area (Å²) in [5, 5.41) is 2.83. The molecule has 3 aliphatic carbocycles. The molecular formula is C35H25Cl3N2O4. The number of hydrogen-bond donors (Lipinski definition) is 0. The molecule has 1 heterocycles. The highest BCUT2D eigenvalue weighted by molar-refractivity contribution is 6.31. The van der Waals surface area contributed by atoms with Gasteiger partial charge in [0.1, 0.15) is 6.04 Å². The first kappa shape index (κ1) is 28.8. The molecule has 220 valence electrons. The number of alkyl halides is 1. The Morgan fingerprint density at radius 2 is 1.07 bits per heavy atom. The van der Waals surface area contributed by atoms with Crippen LogP contribution in [0.15, 0.2) is 97.1 Å². The Morgan fingerprint density at radius 1 is 0.659 bits per heavy atom. The van der Waals surface area contributed by atoms with E-state index in [0.29, 0.717) is 10.0 Å². The summed E-state index contributed by atoms with van der Waals surface area (Å²) in [5.74, 6) is -4.37. The number of nitrogens with zero attached hydrogens (tertiary/aromatic N) is 2. The number of ketones is 1. The van der Waals surface area contributed by atoms with Crippen LogP contribution in [0.2, 0.25) is 10.0 Å². The van der Waals surface area contributed by atoms with E-state index in [1.54, 1.807) is 36.4 Å². The molecule has 0 N–H and O–H groups in total. The first-order valence-electron chi connectivity index (χ1n) is 14.3. The Labute approximate surface area is 269 Å². The van der Waals surface area contributed by atoms with E-state index in [1.807, 2.05) is 48.5 Å². The van der Waals surface area contributed by atoms with Crippen LogP contribution in [0.3, 0.4) is 0 Å². The largest absolute Gasteiger partial charge is 0.292 e. The molecule has 3 atom stereocenters. The highest BCUT2D eigenvalue weighted by atomic mass is 35.5. The fourth-order valence-electron chi connectivity index (χ4n) is 7.24. The summed E-state index contributed by atoms with van der Waals surface area (Å²) in [7, 11) is 0. The Balaban J connectivity index is 1.38. The van der Waals surface area contributed by atoms with Crippen molar-refractivity contribution in [3.8, 4) is 0 Å². The van der Waals surface area contributed by atoms with Crippen LogP contribution in [0, 0.1) is 11.8 Å². The lowest BCUT2D eigenvalue weighted by Crippen LogP contribution is -2.57. The van der Waals surface area contributed by atoms with Gasteiger partial charge in [-0.2, -0.15) is 5.01 Å². The number of hydrazine groups is 1. The number of imide groups is 1. The lowest BCUT2D eigenvalue weighted by Gasteiger charge is -2.45. The molecule has 44 heavy (non-hydrogen) atoms. The van der Waals surface area contributed by atoms with Gasteiger partial charge in [-0.15, -0.1) is 11.6 Å². The van der Waals surface area contributed by atoms with Gasteiger partial charge >= 0.3 is 0 Å². The van der Waals surface area contributed by atoms with Gasteiger partial charge in [-0.3, -0.25) is 19.2 Å². The first-order chi connectivity index (χ1) is 21.3. The maximum atomic E-state index is 14.6. The number of carbonyl (C=O) groups is 4. The molecule has 4 aromatic rings. The summed E-state index contributed by atoms with van der Waals surface area (Å²) in [6.45, 7) is 0. The third-order valence-corrected chi connectivity index (χ3v) is 9.77. The predicted molar refractivity (Wildman–Crippen MR) is 168 cm³/mol. The minimum atomic E-state index is -1.24. The Bertz CT molecular complexity index is 1710. The number of amides is 3. The van der Waals surface area contributed by atoms with Crippen molar-refractivity contribution in [2.24, 2.45) is 11.8 Å². The van der Waals surface area contributed by atoms with Gasteiger partial charge in [-0.05, 0) is 77.2 Å². The average Bonchev–Trinajstić information content (AvgIpc) is 3.31. The van der Waals surface area contributed by atoms with Crippen molar-refractivity contribution in [2.75, 3.05) is 5.88 Å². The van der Waals surface area contributed by atoms with Crippen LogP contribution in [0.25, 0.3) is 0 Å². The minimum Gasteiger partial charge on any atom is -0.292 e. The highest BCUT2D eigenvalue weighted by Gasteiger charge is 2.63. The van der Waals surface area contributed by atoms with E-state index in [0.717, 1.165) is 32.3 Å². The lowest BCUT2D eigenvalue weighted by molar-refractivity contribution is -0.156. The summed E-state index contributed by atoms with van der Waals surface area (Å²) in [5.41, 5.74) is 4.46. The maximum Gasteiger partial charge on any atom is 0.273 e. The van der Waals surface area contributed by atoms with Gasteiger partial charge in [-0.25, -0.2) is 5.01 Å². The van der Waals surface area contributed by atoms with Gasteiger partial charge in [-0.1, -0.05) is 71.7 Å². The smallest absolute Gasteiger partial charge is 0.273 e. The van der Waals surface area contributed by atoms with E-state index in [1.165, 1.54) is 12.1 Å². The molecule has 0 saturated carbocycles. The van der Waals surface area contributed by atoms with Crippen molar-refractivity contribution in [3.05, 3.63) is 140 Å². The molecule has 1 aliphatic heterocycles. The van der Waals surface area contributed by atoms with Crippen molar-refractivity contribution in [1.82, 2.24) is 10.0 Å². The molecule has 6 nitrogen and oxygen atoms in total. The molecule has 0 unspecified atom stereocenters. The SMILES string of the molecule is O=C(c1ccc(Cl)cc1)[C@H](CCCl)N(C(=O)c1ccc(Cl)cc1)N1C(=O)[C@@H]2C3c4ccccc4C(c4ccccc43)[C@@H]2C1=O. The predicted octanol–water partition coefficient (Wildman–Crippen LogP) is 7.12. The number of halogens is 3. The zero-order valence-electron chi connectivity index (χ0n) is 23.2. The van der Waals surface area contributed by atoms with Crippen LogP contribution in [-0.4, -0.2) is 45.4 Å². The van der Waals surface area contributed by atoms with Crippen molar-refractivity contribution >= 4 is 58.3 Å². The molecule has 0 aromatic heterocycles. The van der Waals surface area contributed by atoms with E-state index in [9.17, 15) is 19.2 Å². The molecule has 9 heteroatoms. The van der Waals surface area contributed by atoms with Crippen LogP contribution in [-0.2, 0) is 9.59 Å². The first-order valence-corrected chi connectivity index (χ1v) is 15.6. The van der Waals surface area contributed by atoms with Gasteiger partial charge in [0.15, 0.2) is 5.78 Å². The van der Waals surface area contributed by atoms with Gasteiger partial charge in [0.2, 0.25) is 0 Å². The number of Topliss-reactive ketones (excluding diaryl/α,β-unsaturated/α-hetero) is 1. The third kappa shape index (κ3) is 4.39. The summed E-state index contributed by atoms with van der Waals surface area (Å²) in [6.07, 6.45) is 0.00203. The molecule has 8 rings (SSSR count). The Hall–Kier alpha value is -3.97. The molecule has 4 aliphatic rings. The molecule has 3 amide bonds. The van der Waals surface area contributed by atoms with E-state index >= 15 is 0 Å². The van der Waals surface area contributed by atoms with Gasteiger partial charge in [0, 0.05) is 38.9 Å². The number of benzene rings is 4. The van der Waals surface area contributed by atoms with Gasteiger partial charge in [0.25, 0.3) is 17.7 Å². The molecule has 2 bridgehead atoms. The standard InChI is InChI=1S/C35H25Cl3N2O4/c36-18-17-27(32(41)19-9-13-21(37)14-10-19)39(33(42)20-11-15-22(38)16-12-20)40-34(43)30-28-23-5-1-2-6-24(23)29(31(30)35(40)44)26-8-4-3-7-25(26)28/h1-16,27-31H,17-18H2/t27-,28?,29?,30-,31+/m0/s1. The molecular weight excluding hydrogens is 619 g/mol. The monoisotopic (exact) mass is 642 g/mol. The van der Waals surface area contributed by atoms with Crippen molar-refractivity contribution in [3.63, 3.8) is 0 Å². The van der Waals surface area contributed by atoms with Crippen molar-refractivity contribution in [2.45, 2.75) is 24.3 Å². The quantitative estimate of drug-likeness (QED) is 0.122. The molecule has 1 saturated heterocycles. The molecule has 0 radical (unpaired) electrons. The van der Waals surface area contributed by atoms with E-state index in [4.69, 9.17) is 34.8 Å². The summed E-state index contributed by atoms with van der Waals surface area (Å²) in [6, 6.07) is 26.9. The summed E-state index contributed by atoms with van der Waals surface area (Å²) < 4.78 is 0. The zero-order chi connectivity index (χ0) is 30.7. The average molecular weight is 644 g/mol. The van der Waals surface area contributed by atoms with Crippen LogP contribution in [0.4, 0.5) is 0 Å². The highest BCUT2D eigenvalue weighted by Crippen LogP contribution is 2.61. The second-order valence-corrected chi connectivity index (χ2v) is 12.5. The number of hydrogen-bond acceptors (Lipinski definition) is 4. The Kier molecular flexibility index (Phi) is 7.32. The van der Waals surface area contributed by atoms with E-state index in [2.05, 4.69) is 0 Å². The molecule has 1 fully saturated rings. The van der Waals surface area contributed by atoms with E-state index < -0.39 is 41.4 Å². The number of carbonyl (C=O) groups excluding carboxylic acids is 4. The van der Waals surface area contributed by atoms with Crippen LogP contribution in [0.1, 0.15) is 61.2 Å². The molecule has 0 spiro atoms. The zero-order valence-corrected chi connectivity index (χ0v) is 25.5. The minimum absolute atomic E-state index is 0.000392. The lowest BCUT2D eigenvalue weighted by atomic mass is 9.55.